The van der Waals surface area contributed by atoms with E-state index in [2.05, 4.69) is 0 Å². The van der Waals surface area contributed by atoms with Gasteiger partial charge >= 0.3 is 21.8 Å². The van der Waals surface area contributed by atoms with E-state index in [-0.39, 0.29) is 28.5 Å². The van der Waals surface area contributed by atoms with Crippen molar-refractivity contribution in [1.29, 1.82) is 0 Å². The minimum Gasteiger partial charge on any atom is 0 e. The van der Waals surface area contributed by atoms with E-state index < -0.39 is 0 Å². The zero-order valence-corrected chi connectivity index (χ0v) is 6.09. The molecular formula is CH3OPtRu. The van der Waals surface area contributed by atoms with Gasteiger partial charge in [-0.25, -0.2) is 0 Å². The van der Waals surface area contributed by atoms with Gasteiger partial charge in [0.25, 0.3) is 0 Å². The molecule has 0 spiro atoms. The first-order chi connectivity index (χ1) is 1.00. The van der Waals surface area contributed by atoms with Crippen LogP contribution in [0.3, 0.4) is 0 Å². The summed E-state index contributed by atoms with van der Waals surface area (Å²) in [4.78, 5) is 0. The Morgan fingerprint density at radius 2 is 1.25 bits per heavy atom. The van der Waals surface area contributed by atoms with Crippen LogP contribution < -0.4 is 0 Å². The van der Waals surface area contributed by atoms with Crippen LogP contribution in [0.25, 0.3) is 0 Å². The fourth-order valence-electron chi connectivity index (χ4n) is 0. The van der Waals surface area contributed by atoms with E-state index in [1.54, 1.807) is 0 Å². The molecule has 0 aliphatic carbocycles. The zero-order chi connectivity index (χ0) is 2.00. The maximum atomic E-state index is 8.18. The summed E-state index contributed by atoms with van der Waals surface area (Å²) in [5.74, 6) is 0. The third kappa shape index (κ3) is 11.2. The van der Waals surface area contributed by atoms with Crippen LogP contribution in [0.4, 0.5) is 0 Å². The van der Waals surface area contributed by atoms with Crippen molar-refractivity contribution in [1.82, 2.24) is 0 Å². The maximum absolute atomic E-state index is 8.18. The van der Waals surface area contributed by atoms with Crippen molar-refractivity contribution >= 4 is 0 Å². The van der Waals surface area contributed by atoms with Crippen molar-refractivity contribution in [3.8, 4) is 0 Å². The SMILES string of the molecule is [CH3-].[O]=[Ru+].[Pt]. The Morgan fingerprint density at radius 1 is 1.25 bits per heavy atom. The van der Waals surface area contributed by atoms with Gasteiger partial charge in [0.1, 0.15) is 0 Å². The summed E-state index contributed by atoms with van der Waals surface area (Å²) in [6, 6.07) is 0. The molecule has 0 heterocycles. The summed E-state index contributed by atoms with van der Waals surface area (Å²) in [6.07, 6.45) is 0. The fourth-order valence-corrected chi connectivity index (χ4v) is 0. The number of hydrogen-bond acceptors (Lipinski definition) is 1. The molecule has 0 radical (unpaired) electrons. The Bertz CT molecular complexity index is 8.00. The Labute approximate surface area is 50.4 Å². The third-order valence-electron chi connectivity index (χ3n) is 0. The van der Waals surface area contributed by atoms with Crippen LogP contribution in [0.1, 0.15) is 0 Å². The number of hydrogen-bond donors (Lipinski definition) is 0. The van der Waals surface area contributed by atoms with Gasteiger partial charge in [0.2, 0.25) is 0 Å². The van der Waals surface area contributed by atoms with E-state index in [9.17, 15) is 0 Å². The molecule has 0 aliphatic rings. The minimum absolute atomic E-state index is 0. The summed E-state index contributed by atoms with van der Waals surface area (Å²) in [5.41, 5.74) is 0. The molecule has 0 aromatic carbocycles. The predicted molar refractivity (Wildman–Crippen MR) is 7.10 cm³/mol. The zero-order valence-electron chi connectivity index (χ0n) is 2.08. The van der Waals surface area contributed by atoms with Gasteiger partial charge in [0.05, 0.1) is 0 Å². The van der Waals surface area contributed by atoms with E-state index >= 15 is 0 Å². The maximum Gasteiger partial charge on any atom is 0 e. The largest absolute Gasteiger partial charge is 0 e. The Morgan fingerprint density at radius 3 is 1.25 bits per heavy atom. The van der Waals surface area contributed by atoms with Gasteiger partial charge in [-0.3, -0.25) is 0 Å². The van der Waals surface area contributed by atoms with Crippen molar-refractivity contribution in [2.75, 3.05) is 0 Å². The third-order valence-corrected chi connectivity index (χ3v) is 0. The van der Waals surface area contributed by atoms with Crippen LogP contribution in [0, 0.1) is 7.43 Å². The average Bonchev–Trinajstić information content (AvgIpc) is 1.00. The minimum atomic E-state index is 0. The molecule has 1 nitrogen and oxygen atoms in total. The molecular weight excluding hydrogens is 324 g/mol. The van der Waals surface area contributed by atoms with E-state index in [0.29, 0.717) is 0 Å². The van der Waals surface area contributed by atoms with Crippen LogP contribution in [0.15, 0.2) is 0 Å². The van der Waals surface area contributed by atoms with Gasteiger partial charge in [-0.1, -0.05) is 0 Å². The molecule has 0 rings (SSSR count). The van der Waals surface area contributed by atoms with Crippen LogP contribution in [-0.2, 0) is 42.9 Å². The van der Waals surface area contributed by atoms with Gasteiger partial charge in [-0.15, -0.1) is 0 Å². The summed E-state index contributed by atoms with van der Waals surface area (Å²) in [7, 11) is 0. The summed E-state index contributed by atoms with van der Waals surface area (Å²) >= 11 is 1.10. The molecule has 0 saturated heterocycles. The molecule has 0 N–H and O–H groups in total. The first-order valence-corrected chi connectivity index (χ1v) is 0.854. The molecule has 0 aromatic rings. The van der Waals surface area contributed by atoms with Gasteiger partial charge in [0.15, 0.2) is 0 Å². The first-order valence-electron chi connectivity index (χ1n) is 0.144. The molecule has 0 atom stereocenters. The predicted octanol–water partition coefficient (Wildman–Crippen LogP) is 0.326. The van der Waals surface area contributed by atoms with Gasteiger partial charge < -0.3 is 7.43 Å². The first kappa shape index (κ1) is 19.4. The van der Waals surface area contributed by atoms with Crippen LogP contribution in [0.5, 0.6) is 0 Å². The molecule has 0 aliphatic heterocycles. The Balaban J connectivity index is -0.00000000500. The second-order valence-electron chi connectivity index (χ2n) is 0. The van der Waals surface area contributed by atoms with E-state index in [0.717, 1.165) is 18.3 Å². The quantitative estimate of drug-likeness (QED) is 0.463. The molecule has 0 unspecified atom stereocenters. The second kappa shape index (κ2) is 32.2. The normalized spacial score (nSPS) is 1.00. The van der Waals surface area contributed by atoms with Crippen molar-refractivity contribution in [3.63, 3.8) is 0 Å². The second-order valence-corrected chi connectivity index (χ2v) is 0. The van der Waals surface area contributed by atoms with Crippen molar-refractivity contribution in [3.05, 3.63) is 7.43 Å². The topological polar surface area (TPSA) is 17.1 Å². The molecule has 0 fully saturated rings. The number of rotatable bonds is 0. The van der Waals surface area contributed by atoms with Gasteiger partial charge in [-0.05, 0) is 0 Å². The molecule has 0 amide bonds. The molecule has 4 heavy (non-hydrogen) atoms. The van der Waals surface area contributed by atoms with E-state index in [4.69, 9.17) is 3.57 Å². The summed E-state index contributed by atoms with van der Waals surface area (Å²) in [5, 5.41) is 0. The monoisotopic (exact) mass is 328 g/mol. The summed E-state index contributed by atoms with van der Waals surface area (Å²) in [6.45, 7) is 0. The van der Waals surface area contributed by atoms with Crippen LogP contribution in [-0.4, -0.2) is 0 Å². The Hall–Kier alpha value is 1.11. The molecule has 0 aromatic heterocycles. The smallest absolute Gasteiger partial charge is 0 e. The summed E-state index contributed by atoms with van der Waals surface area (Å²) < 4.78 is 8.18. The standard InChI is InChI=1S/CH3.O.Pt.Ru/h1H3;;;/q-1;;;+1. The van der Waals surface area contributed by atoms with Gasteiger partial charge in [0, 0.05) is 21.1 Å². The molecule has 3 heteroatoms. The Kier molecular flexibility index (Phi) is 156. The van der Waals surface area contributed by atoms with Crippen LogP contribution >= 0.6 is 0 Å². The van der Waals surface area contributed by atoms with E-state index in [1.807, 2.05) is 0 Å². The molecule has 0 saturated carbocycles. The van der Waals surface area contributed by atoms with Crippen molar-refractivity contribution < 1.29 is 42.9 Å². The van der Waals surface area contributed by atoms with E-state index in [1.165, 1.54) is 0 Å². The van der Waals surface area contributed by atoms with Crippen LogP contribution in [0.2, 0.25) is 0 Å². The van der Waals surface area contributed by atoms with Gasteiger partial charge in [-0.2, -0.15) is 0 Å². The fraction of sp³-hybridized carbons (Fsp3) is 0. The molecule has 0 bridgehead atoms. The molecule has 31 valence electrons. The average molecular weight is 327 g/mol. The van der Waals surface area contributed by atoms with Crippen molar-refractivity contribution in [2.24, 2.45) is 0 Å². The van der Waals surface area contributed by atoms with Crippen molar-refractivity contribution in [2.45, 2.75) is 0 Å².